The second kappa shape index (κ2) is 8.55. The van der Waals surface area contributed by atoms with Crippen molar-refractivity contribution in [1.82, 2.24) is 4.90 Å². The molecule has 1 heterocycles. The zero-order chi connectivity index (χ0) is 15.1. The average molecular weight is 288 g/mol. The molecular formula is C19H32N2. The van der Waals surface area contributed by atoms with Crippen molar-refractivity contribution in [3.05, 3.63) is 35.9 Å². The van der Waals surface area contributed by atoms with Crippen LogP contribution in [0.4, 0.5) is 0 Å². The zero-order valence-electron chi connectivity index (χ0n) is 13.8. The maximum atomic E-state index is 5.73. The average Bonchev–Trinajstić information content (AvgIpc) is 2.96. The van der Waals surface area contributed by atoms with E-state index in [-0.39, 0.29) is 0 Å². The fourth-order valence-electron chi connectivity index (χ4n) is 3.64. The van der Waals surface area contributed by atoms with E-state index in [0.29, 0.717) is 0 Å². The van der Waals surface area contributed by atoms with Crippen LogP contribution < -0.4 is 5.73 Å². The molecule has 2 atom stereocenters. The van der Waals surface area contributed by atoms with Crippen LogP contribution in [0.3, 0.4) is 0 Å². The van der Waals surface area contributed by atoms with E-state index in [9.17, 15) is 0 Å². The number of likely N-dealkylation sites (tertiary alicyclic amines) is 1. The summed E-state index contributed by atoms with van der Waals surface area (Å²) in [6.45, 7) is 9.28. The number of nitrogens with two attached hydrogens (primary N) is 1. The van der Waals surface area contributed by atoms with Crippen molar-refractivity contribution in [2.45, 2.75) is 45.4 Å². The van der Waals surface area contributed by atoms with Gasteiger partial charge >= 0.3 is 0 Å². The lowest BCUT2D eigenvalue weighted by Crippen LogP contribution is -2.23. The van der Waals surface area contributed by atoms with E-state index in [1.807, 2.05) is 0 Å². The molecule has 1 aliphatic heterocycles. The van der Waals surface area contributed by atoms with Gasteiger partial charge in [0.1, 0.15) is 0 Å². The molecule has 2 unspecified atom stereocenters. The molecule has 2 N–H and O–H groups in total. The van der Waals surface area contributed by atoms with Crippen LogP contribution in [0, 0.1) is 11.8 Å². The summed E-state index contributed by atoms with van der Waals surface area (Å²) in [5.41, 5.74) is 7.25. The minimum Gasteiger partial charge on any atom is -0.330 e. The molecule has 0 bridgehead atoms. The monoisotopic (exact) mass is 288 g/mol. The van der Waals surface area contributed by atoms with Crippen molar-refractivity contribution in [2.24, 2.45) is 17.6 Å². The van der Waals surface area contributed by atoms with Crippen LogP contribution in [0.1, 0.15) is 51.0 Å². The molecule has 1 saturated heterocycles. The number of rotatable bonds is 8. The summed E-state index contributed by atoms with van der Waals surface area (Å²) in [6.07, 6.45) is 5.16. The predicted molar refractivity (Wildman–Crippen MR) is 91.5 cm³/mol. The summed E-state index contributed by atoms with van der Waals surface area (Å²) < 4.78 is 0. The van der Waals surface area contributed by atoms with E-state index in [1.165, 1.54) is 50.9 Å². The third-order valence-electron chi connectivity index (χ3n) is 5.07. The van der Waals surface area contributed by atoms with Crippen molar-refractivity contribution in [1.29, 1.82) is 0 Å². The molecule has 1 aromatic rings. The third-order valence-corrected chi connectivity index (χ3v) is 5.07. The third kappa shape index (κ3) is 5.12. The lowest BCUT2D eigenvalue weighted by atomic mass is 9.88. The van der Waals surface area contributed by atoms with Crippen LogP contribution in [0.2, 0.25) is 0 Å². The highest BCUT2D eigenvalue weighted by Crippen LogP contribution is 2.27. The van der Waals surface area contributed by atoms with Gasteiger partial charge in [0.2, 0.25) is 0 Å². The second-order valence-electron chi connectivity index (χ2n) is 6.92. The van der Waals surface area contributed by atoms with Crippen molar-refractivity contribution < 1.29 is 0 Å². The molecule has 1 aliphatic rings. The van der Waals surface area contributed by atoms with E-state index in [1.54, 1.807) is 0 Å². The second-order valence-corrected chi connectivity index (χ2v) is 6.92. The van der Waals surface area contributed by atoms with Crippen LogP contribution >= 0.6 is 0 Å². The molecule has 2 rings (SSSR count). The summed E-state index contributed by atoms with van der Waals surface area (Å²) in [5, 5.41) is 0. The first-order valence-corrected chi connectivity index (χ1v) is 8.68. The lowest BCUT2D eigenvalue weighted by molar-refractivity contribution is 0.282. The first-order chi connectivity index (χ1) is 10.2. The van der Waals surface area contributed by atoms with Crippen LogP contribution in [-0.2, 0) is 0 Å². The smallest absolute Gasteiger partial charge is 0.00507 e. The normalized spacial score (nSPS) is 21.0. The highest BCUT2D eigenvalue weighted by molar-refractivity contribution is 5.20. The van der Waals surface area contributed by atoms with Crippen LogP contribution in [-0.4, -0.2) is 31.1 Å². The van der Waals surface area contributed by atoms with Crippen LogP contribution in [0.15, 0.2) is 30.3 Å². The number of nitrogens with zero attached hydrogens (tertiary/aromatic N) is 1. The predicted octanol–water partition coefficient (Wildman–Crippen LogP) is 3.88. The topological polar surface area (TPSA) is 29.3 Å². The highest BCUT2D eigenvalue weighted by Gasteiger charge is 2.23. The molecule has 1 fully saturated rings. The Hall–Kier alpha value is -0.860. The Bertz CT molecular complexity index is 388. The Kier molecular flexibility index (Phi) is 6.72. The van der Waals surface area contributed by atoms with Gasteiger partial charge in [0, 0.05) is 6.54 Å². The lowest BCUT2D eigenvalue weighted by Gasteiger charge is -2.22. The van der Waals surface area contributed by atoms with Gasteiger partial charge in [-0.2, -0.15) is 0 Å². The molecule has 2 nitrogen and oxygen atoms in total. The summed E-state index contributed by atoms with van der Waals surface area (Å²) in [6, 6.07) is 11.0. The Morgan fingerprint density at radius 2 is 1.95 bits per heavy atom. The molecule has 118 valence electrons. The molecular weight excluding hydrogens is 256 g/mol. The van der Waals surface area contributed by atoms with Gasteiger partial charge in [-0.1, -0.05) is 44.2 Å². The van der Waals surface area contributed by atoms with E-state index >= 15 is 0 Å². The summed E-state index contributed by atoms with van der Waals surface area (Å²) in [7, 11) is 0. The van der Waals surface area contributed by atoms with Gasteiger partial charge in [-0.05, 0) is 68.6 Å². The first-order valence-electron chi connectivity index (χ1n) is 8.68. The molecule has 1 aromatic carbocycles. The first kappa shape index (κ1) is 16.5. The molecule has 0 aliphatic carbocycles. The van der Waals surface area contributed by atoms with Gasteiger partial charge in [0.15, 0.2) is 0 Å². The fraction of sp³-hybridized carbons (Fsp3) is 0.684. The maximum Gasteiger partial charge on any atom is 0.00507 e. The van der Waals surface area contributed by atoms with E-state index in [2.05, 4.69) is 49.1 Å². The van der Waals surface area contributed by atoms with Crippen LogP contribution in [0.25, 0.3) is 0 Å². The van der Waals surface area contributed by atoms with E-state index < -0.39 is 0 Å². The summed E-state index contributed by atoms with van der Waals surface area (Å²) in [4.78, 5) is 2.65. The van der Waals surface area contributed by atoms with Crippen molar-refractivity contribution in [3.8, 4) is 0 Å². The van der Waals surface area contributed by atoms with Gasteiger partial charge < -0.3 is 10.6 Å². The van der Waals surface area contributed by atoms with Gasteiger partial charge in [0.25, 0.3) is 0 Å². The Morgan fingerprint density at radius 3 is 2.62 bits per heavy atom. The highest BCUT2D eigenvalue weighted by atomic mass is 15.1. The quantitative estimate of drug-likeness (QED) is 0.786. The Morgan fingerprint density at radius 1 is 1.19 bits per heavy atom. The van der Waals surface area contributed by atoms with E-state index in [4.69, 9.17) is 5.73 Å². The molecule has 2 heteroatoms. The molecule has 0 amide bonds. The van der Waals surface area contributed by atoms with Crippen LogP contribution in [0.5, 0.6) is 0 Å². The number of hydrogen-bond acceptors (Lipinski definition) is 2. The van der Waals surface area contributed by atoms with Gasteiger partial charge in [-0.15, -0.1) is 0 Å². The van der Waals surface area contributed by atoms with Gasteiger partial charge in [-0.25, -0.2) is 0 Å². The maximum absolute atomic E-state index is 5.73. The minimum atomic E-state index is 0.746. The molecule has 0 aromatic heterocycles. The molecule has 0 saturated carbocycles. The molecule has 0 spiro atoms. The fourth-order valence-corrected chi connectivity index (χ4v) is 3.64. The van der Waals surface area contributed by atoms with Gasteiger partial charge in [0.05, 0.1) is 0 Å². The van der Waals surface area contributed by atoms with Crippen molar-refractivity contribution in [3.63, 3.8) is 0 Å². The largest absolute Gasteiger partial charge is 0.330 e. The Labute approximate surface area is 130 Å². The van der Waals surface area contributed by atoms with E-state index in [0.717, 1.165) is 24.3 Å². The summed E-state index contributed by atoms with van der Waals surface area (Å²) >= 11 is 0. The standard InChI is InChI=1S/C19H32N2/c1-16(2)17(10-12-20)9-6-13-21-14-11-19(15-21)18-7-4-3-5-8-18/h3-5,7-8,16-17,19H,6,9-15,20H2,1-2H3. The number of benzene rings is 1. The van der Waals surface area contributed by atoms with Crippen molar-refractivity contribution >= 4 is 0 Å². The van der Waals surface area contributed by atoms with Gasteiger partial charge in [-0.3, -0.25) is 0 Å². The van der Waals surface area contributed by atoms with Crippen molar-refractivity contribution in [2.75, 3.05) is 26.2 Å². The minimum absolute atomic E-state index is 0.746. The zero-order valence-corrected chi connectivity index (χ0v) is 13.8. The SMILES string of the molecule is CC(C)C(CCN)CCCN1CCC(c2ccccc2)C1. The number of hydrogen-bond donors (Lipinski definition) is 1. The molecule has 0 radical (unpaired) electrons. The molecule has 21 heavy (non-hydrogen) atoms. The summed E-state index contributed by atoms with van der Waals surface area (Å²) in [5.74, 6) is 2.32. The Balaban J connectivity index is 1.71.